The van der Waals surface area contributed by atoms with Gasteiger partial charge in [0.2, 0.25) is 0 Å². The van der Waals surface area contributed by atoms with Gasteiger partial charge in [-0.25, -0.2) is 0 Å². The zero-order valence-corrected chi connectivity index (χ0v) is 13.4. The SMILES string of the molecule is C/C=C\C=C/C1=C2Oc3cc(Cl)cc(Br)c3C2CC=C1. The molecule has 1 atom stereocenters. The largest absolute Gasteiger partial charge is 0.460 e. The fourth-order valence-electron chi connectivity index (χ4n) is 2.61. The lowest BCUT2D eigenvalue weighted by atomic mass is 9.89. The van der Waals surface area contributed by atoms with Gasteiger partial charge in [0, 0.05) is 20.6 Å². The molecular weight excluding hydrogens is 336 g/mol. The molecule has 1 aliphatic carbocycles. The summed E-state index contributed by atoms with van der Waals surface area (Å²) in [6.07, 6.45) is 13.4. The Morgan fingerprint density at radius 3 is 3.00 bits per heavy atom. The molecule has 1 aliphatic heterocycles. The van der Waals surface area contributed by atoms with E-state index in [1.54, 1.807) is 0 Å². The first-order valence-corrected chi connectivity index (χ1v) is 7.74. The Kier molecular flexibility index (Phi) is 3.86. The van der Waals surface area contributed by atoms with Gasteiger partial charge in [-0.3, -0.25) is 0 Å². The number of allylic oxidation sites excluding steroid dienone is 8. The smallest absolute Gasteiger partial charge is 0.133 e. The molecule has 1 unspecified atom stereocenters. The summed E-state index contributed by atoms with van der Waals surface area (Å²) in [6, 6.07) is 3.82. The molecule has 1 aromatic rings. The van der Waals surface area contributed by atoms with Crippen molar-refractivity contribution in [2.24, 2.45) is 0 Å². The van der Waals surface area contributed by atoms with Crippen molar-refractivity contribution in [1.29, 1.82) is 0 Å². The maximum atomic E-state index is 6.10. The van der Waals surface area contributed by atoms with E-state index in [4.69, 9.17) is 16.3 Å². The van der Waals surface area contributed by atoms with Crippen LogP contribution >= 0.6 is 27.5 Å². The van der Waals surface area contributed by atoms with Crippen LogP contribution < -0.4 is 4.74 Å². The molecule has 3 rings (SSSR count). The number of rotatable bonds is 2. The summed E-state index contributed by atoms with van der Waals surface area (Å²) in [4.78, 5) is 0. The average molecular weight is 350 g/mol. The third-order valence-corrected chi connectivity index (χ3v) is 4.35. The van der Waals surface area contributed by atoms with Gasteiger partial charge < -0.3 is 4.74 Å². The molecule has 0 aromatic heterocycles. The molecule has 0 radical (unpaired) electrons. The minimum absolute atomic E-state index is 0.284. The normalized spacial score (nSPS) is 20.6. The highest BCUT2D eigenvalue weighted by Crippen LogP contribution is 2.50. The van der Waals surface area contributed by atoms with E-state index in [9.17, 15) is 0 Å². The molecule has 0 saturated carbocycles. The summed E-state index contributed by atoms with van der Waals surface area (Å²) in [5.74, 6) is 2.17. The first-order chi connectivity index (χ1) is 9.70. The molecule has 0 bridgehead atoms. The van der Waals surface area contributed by atoms with Crippen molar-refractivity contribution in [3.63, 3.8) is 0 Å². The van der Waals surface area contributed by atoms with Crippen LogP contribution in [0.3, 0.4) is 0 Å². The van der Waals surface area contributed by atoms with Crippen LogP contribution in [-0.4, -0.2) is 0 Å². The summed E-state index contributed by atoms with van der Waals surface area (Å²) in [5.41, 5.74) is 2.32. The van der Waals surface area contributed by atoms with Crippen LogP contribution in [0.4, 0.5) is 0 Å². The Bertz CT molecular complexity index is 668. The molecule has 0 saturated heterocycles. The number of ether oxygens (including phenoxy) is 1. The molecule has 2 aliphatic rings. The zero-order chi connectivity index (χ0) is 14.1. The predicted molar refractivity (Wildman–Crippen MR) is 87.3 cm³/mol. The maximum absolute atomic E-state index is 6.10. The molecule has 20 heavy (non-hydrogen) atoms. The van der Waals surface area contributed by atoms with Crippen LogP contribution in [0.25, 0.3) is 0 Å². The highest BCUT2D eigenvalue weighted by molar-refractivity contribution is 9.10. The highest BCUT2D eigenvalue weighted by atomic mass is 79.9. The van der Waals surface area contributed by atoms with Crippen LogP contribution in [0.2, 0.25) is 5.02 Å². The molecule has 0 fully saturated rings. The lowest BCUT2D eigenvalue weighted by molar-refractivity contribution is 0.421. The fourth-order valence-corrected chi connectivity index (χ4v) is 3.67. The van der Waals surface area contributed by atoms with E-state index in [1.165, 1.54) is 5.56 Å². The van der Waals surface area contributed by atoms with E-state index in [2.05, 4.69) is 34.2 Å². The number of benzene rings is 1. The Labute approximate surface area is 132 Å². The lowest BCUT2D eigenvalue weighted by Crippen LogP contribution is -2.04. The van der Waals surface area contributed by atoms with Gasteiger partial charge in [0.05, 0.1) is 5.92 Å². The summed E-state index contributed by atoms with van der Waals surface area (Å²) in [7, 11) is 0. The van der Waals surface area contributed by atoms with E-state index in [-0.39, 0.29) is 5.92 Å². The van der Waals surface area contributed by atoms with Crippen LogP contribution in [0.5, 0.6) is 5.75 Å². The van der Waals surface area contributed by atoms with E-state index in [1.807, 2.05) is 37.3 Å². The van der Waals surface area contributed by atoms with Gasteiger partial charge in [-0.2, -0.15) is 0 Å². The zero-order valence-electron chi connectivity index (χ0n) is 11.1. The van der Waals surface area contributed by atoms with Crippen LogP contribution in [0, 0.1) is 0 Å². The van der Waals surface area contributed by atoms with E-state index in [0.717, 1.165) is 28.0 Å². The van der Waals surface area contributed by atoms with Crippen molar-refractivity contribution < 1.29 is 4.74 Å². The first-order valence-electron chi connectivity index (χ1n) is 6.57. The van der Waals surface area contributed by atoms with Gasteiger partial charge in [0.15, 0.2) is 0 Å². The molecule has 1 heterocycles. The molecule has 3 heteroatoms. The second-order valence-electron chi connectivity index (χ2n) is 4.80. The average Bonchev–Trinajstić information content (AvgIpc) is 2.78. The molecule has 102 valence electrons. The Morgan fingerprint density at radius 2 is 2.20 bits per heavy atom. The van der Waals surface area contributed by atoms with Gasteiger partial charge in [0.1, 0.15) is 11.5 Å². The summed E-state index contributed by atoms with van der Waals surface area (Å²) < 4.78 is 7.07. The van der Waals surface area contributed by atoms with Crippen molar-refractivity contribution in [3.8, 4) is 5.75 Å². The maximum Gasteiger partial charge on any atom is 0.133 e. The summed E-state index contributed by atoms with van der Waals surface area (Å²) in [5, 5.41) is 0.689. The fraction of sp³-hybridized carbons (Fsp3) is 0.176. The van der Waals surface area contributed by atoms with Gasteiger partial charge >= 0.3 is 0 Å². The quantitative estimate of drug-likeness (QED) is 0.602. The number of hydrogen-bond donors (Lipinski definition) is 0. The topological polar surface area (TPSA) is 9.23 Å². The molecule has 1 nitrogen and oxygen atoms in total. The lowest BCUT2D eigenvalue weighted by Gasteiger charge is -2.15. The minimum Gasteiger partial charge on any atom is -0.460 e. The van der Waals surface area contributed by atoms with Crippen molar-refractivity contribution in [1.82, 2.24) is 0 Å². The van der Waals surface area contributed by atoms with Crippen LogP contribution in [0.1, 0.15) is 24.8 Å². The number of hydrogen-bond acceptors (Lipinski definition) is 1. The molecule has 1 aromatic carbocycles. The van der Waals surface area contributed by atoms with E-state index < -0.39 is 0 Å². The molecule has 0 N–H and O–H groups in total. The Balaban J connectivity index is 2.05. The van der Waals surface area contributed by atoms with E-state index in [0.29, 0.717) is 5.02 Å². The van der Waals surface area contributed by atoms with Crippen LogP contribution in [0.15, 0.2) is 64.4 Å². The summed E-state index contributed by atoms with van der Waals surface area (Å²) >= 11 is 9.70. The molecular formula is C17H14BrClO. The van der Waals surface area contributed by atoms with Crippen molar-refractivity contribution in [2.75, 3.05) is 0 Å². The number of fused-ring (bicyclic) bond motifs is 3. The number of halogens is 2. The second kappa shape index (κ2) is 5.63. The predicted octanol–water partition coefficient (Wildman–Crippen LogP) is 5.92. The monoisotopic (exact) mass is 348 g/mol. The van der Waals surface area contributed by atoms with Crippen molar-refractivity contribution in [3.05, 3.63) is 75.0 Å². The standard InChI is InChI=1S/C17H14BrClO/c1-2-3-4-6-11-7-5-8-13-16-14(18)9-12(19)10-15(16)20-17(11)13/h2-7,9-10,13H,8H2,1H3/b3-2-,6-4-. The third kappa shape index (κ3) is 2.38. The van der Waals surface area contributed by atoms with Gasteiger partial charge in [-0.1, -0.05) is 64.0 Å². The van der Waals surface area contributed by atoms with E-state index >= 15 is 0 Å². The highest BCUT2D eigenvalue weighted by Gasteiger charge is 2.34. The molecule has 0 amide bonds. The Hall–Kier alpha value is -1.25. The van der Waals surface area contributed by atoms with Gasteiger partial charge in [-0.05, 0) is 25.5 Å². The van der Waals surface area contributed by atoms with Crippen molar-refractivity contribution in [2.45, 2.75) is 19.3 Å². The van der Waals surface area contributed by atoms with Crippen molar-refractivity contribution >= 4 is 27.5 Å². The second-order valence-corrected chi connectivity index (χ2v) is 6.09. The first kappa shape index (κ1) is 13.7. The Morgan fingerprint density at radius 1 is 1.35 bits per heavy atom. The summed E-state index contributed by atoms with van der Waals surface area (Å²) in [6.45, 7) is 2.00. The minimum atomic E-state index is 0.284. The molecule has 0 spiro atoms. The van der Waals surface area contributed by atoms with Gasteiger partial charge in [0.25, 0.3) is 0 Å². The van der Waals surface area contributed by atoms with Crippen LogP contribution in [-0.2, 0) is 0 Å². The van der Waals surface area contributed by atoms with Gasteiger partial charge in [-0.15, -0.1) is 0 Å². The third-order valence-electron chi connectivity index (χ3n) is 3.47.